The summed E-state index contributed by atoms with van der Waals surface area (Å²) in [6.45, 7) is 0.507. The Morgan fingerprint density at radius 3 is 2.50 bits per heavy atom. The molecule has 0 unspecified atom stereocenters. The van der Waals surface area contributed by atoms with Crippen LogP contribution in [0.2, 0.25) is 0 Å². The van der Waals surface area contributed by atoms with Gasteiger partial charge in [0.25, 0.3) is 10.0 Å². The molecule has 0 saturated heterocycles. The van der Waals surface area contributed by atoms with Gasteiger partial charge in [-0.25, -0.2) is 18.5 Å². The van der Waals surface area contributed by atoms with Crippen LogP contribution in [-0.4, -0.2) is 50.4 Å². The van der Waals surface area contributed by atoms with E-state index in [9.17, 15) is 18.0 Å². The van der Waals surface area contributed by atoms with Crippen molar-refractivity contribution >= 4 is 55.4 Å². The number of aromatic nitrogens is 6. The zero-order valence-electron chi connectivity index (χ0n) is 18.5. The monoisotopic (exact) mass is 532 g/mol. The summed E-state index contributed by atoms with van der Waals surface area (Å²) in [5.74, 6) is -0.481. The molecule has 15 nitrogen and oxygen atoms in total. The van der Waals surface area contributed by atoms with Gasteiger partial charge in [-0.1, -0.05) is 35.6 Å². The number of nitrogens with two attached hydrogens (primary N) is 2. The minimum Gasteiger partial charge on any atom is -0.471 e. The van der Waals surface area contributed by atoms with Crippen molar-refractivity contribution in [3.63, 3.8) is 0 Å². The molecule has 2 amide bonds. The first kappa shape index (κ1) is 24.9. The van der Waals surface area contributed by atoms with Crippen molar-refractivity contribution in [3.8, 4) is 5.88 Å². The van der Waals surface area contributed by atoms with Gasteiger partial charge in [-0.3, -0.25) is 9.59 Å². The predicted molar refractivity (Wildman–Crippen MR) is 128 cm³/mol. The number of fused-ring (bicyclic) bond motifs is 1. The van der Waals surface area contributed by atoms with Gasteiger partial charge < -0.3 is 26.1 Å². The first-order chi connectivity index (χ1) is 17.2. The Labute approximate surface area is 207 Å². The number of hydrogen-bond acceptors (Lipinski definition) is 12. The third-order valence-electron chi connectivity index (χ3n) is 4.63. The molecule has 1 aromatic carbocycles. The highest BCUT2D eigenvalue weighted by Gasteiger charge is 2.17. The number of hydrogen-bond donors (Lipinski definition) is 5. The second-order valence-electron chi connectivity index (χ2n) is 7.34. The number of primary sulfonamides is 1. The fourth-order valence-electron chi connectivity index (χ4n) is 2.91. The van der Waals surface area contributed by atoms with Crippen LogP contribution >= 0.6 is 11.3 Å². The van der Waals surface area contributed by atoms with Crippen molar-refractivity contribution < 1.29 is 22.7 Å². The van der Waals surface area contributed by atoms with Crippen LogP contribution in [0.4, 0.5) is 11.1 Å². The van der Waals surface area contributed by atoms with Gasteiger partial charge in [0.05, 0.1) is 6.33 Å². The van der Waals surface area contributed by atoms with Crippen LogP contribution in [0.25, 0.3) is 11.2 Å². The van der Waals surface area contributed by atoms with Crippen LogP contribution < -0.4 is 26.2 Å². The second kappa shape index (κ2) is 10.6. The molecule has 4 aromatic rings. The number of nitrogen functional groups attached to an aromatic ring is 1. The Morgan fingerprint density at radius 2 is 1.78 bits per heavy atom. The Kier molecular flexibility index (Phi) is 7.32. The number of aromatic amines is 1. The first-order valence-electron chi connectivity index (χ1n) is 10.3. The minimum absolute atomic E-state index is 0.0225. The summed E-state index contributed by atoms with van der Waals surface area (Å²) in [6.07, 6.45) is 1.29. The number of nitrogens with zero attached hydrogens (tertiary/aromatic N) is 5. The second-order valence-corrected chi connectivity index (χ2v) is 10.0. The topological polar surface area (TPSA) is 234 Å². The fourth-order valence-corrected chi connectivity index (χ4v) is 4.25. The van der Waals surface area contributed by atoms with Crippen LogP contribution in [0.3, 0.4) is 0 Å². The lowest BCUT2D eigenvalue weighted by Gasteiger charge is -2.08. The largest absolute Gasteiger partial charge is 0.471 e. The normalized spacial score (nSPS) is 11.4. The number of anilines is 2. The molecule has 36 heavy (non-hydrogen) atoms. The fraction of sp³-hybridized carbons (Fsp3) is 0.211. The molecule has 17 heteroatoms. The molecule has 4 rings (SSSR count). The van der Waals surface area contributed by atoms with E-state index in [4.69, 9.17) is 15.6 Å². The molecule has 0 aliphatic heterocycles. The zero-order valence-corrected chi connectivity index (χ0v) is 20.1. The molecule has 0 spiro atoms. The molecule has 0 saturated carbocycles. The number of sulfonamides is 1. The summed E-state index contributed by atoms with van der Waals surface area (Å²) in [7, 11) is -3.99. The summed E-state index contributed by atoms with van der Waals surface area (Å²) < 4.78 is 27.7. The molecule has 188 valence electrons. The summed E-state index contributed by atoms with van der Waals surface area (Å²) in [5.41, 5.74) is 8.36. The molecule has 0 bridgehead atoms. The molecule has 0 atom stereocenters. The Bertz CT molecular complexity index is 1500. The number of amides is 2. The number of imidazole rings is 1. The quantitative estimate of drug-likeness (QED) is 0.171. The van der Waals surface area contributed by atoms with Crippen molar-refractivity contribution in [2.45, 2.75) is 30.3 Å². The van der Waals surface area contributed by atoms with E-state index >= 15 is 0 Å². The van der Waals surface area contributed by atoms with Gasteiger partial charge in [-0.15, -0.1) is 10.2 Å². The van der Waals surface area contributed by atoms with Crippen LogP contribution in [0.1, 0.15) is 24.0 Å². The summed E-state index contributed by atoms with van der Waals surface area (Å²) in [5, 5.41) is 16.9. The molecular formula is C19H20N10O5S2. The van der Waals surface area contributed by atoms with E-state index in [1.54, 1.807) is 0 Å². The van der Waals surface area contributed by atoms with Crippen LogP contribution in [0.5, 0.6) is 5.88 Å². The average molecular weight is 533 g/mol. The van der Waals surface area contributed by atoms with E-state index in [0.29, 0.717) is 28.4 Å². The molecule has 3 aromatic heterocycles. The van der Waals surface area contributed by atoms with E-state index in [-0.39, 0.29) is 43.0 Å². The van der Waals surface area contributed by atoms with Crippen molar-refractivity contribution in [2.24, 2.45) is 5.14 Å². The number of carbonyl (C=O) groups is 2. The van der Waals surface area contributed by atoms with Gasteiger partial charge in [0.2, 0.25) is 33.1 Å². The van der Waals surface area contributed by atoms with Crippen molar-refractivity contribution in [1.82, 2.24) is 35.5 Å². The lowest BCUT2D eigenvalue weighted by atomic mass is 10.1. The lowest BCUT2D eigenvalue weighted by molar-refractivity contribution is -0.124. The van der Waals surface area contributed by atoms with Crippen LogP contribution in [0, 0.1) is 0 Å². The molecule has 0 radical (unpaired) electrons. The maximum absolute atomic E-state index is 12.1. The van der Waals surface area contributed by atoms with Gasteiger partial charge in [0.1, 0.15) is 12.1 Å². The number of nitrogens with one attached hydrogen (secondary N) is 3. The minimum atomic E-state index is -3.99. The number of ether oxygens (including phenoxy) is 1. The molecule has 0 aliphatic rings. The Hall–Kier alpha value is -4.22. The van der Waals surface area contributed by atoms with Crippen molar-refractivity contribution in [2.75, 3.05) is 11.1 Å². The third kappa shape index (κ3) is 6.46. The maximum atomic E-state index is 12.1. The zero-order chi connectivity index (χ0) is 25.7. The summed E-state index contributed by atoms with van der Waals surface area (Å²) in [4.78, 5) is 39.1. The van der Waals surface area contributed by atoms with Gasteiger partial charge in [-0.05, 0) is 11.1 Å². The van der Waals surface area contributed by atoms with Crippen molar-refractivity contribution in [3.05, 3.63) is 41.7 Å². The van der Waals surface area contributed by atoms with Gasteiger partial charge >= 0.3 is 0 Å². The smallest absolute Gasteiger partial charge is 0.267 e. The van der Waals surface area contributed by atoms with E-state index in [1.165, 1.54) is 6.33 Å². The van der Waals surface area contributed by atoms with Crippen LogP contribution in [0.15, 0.2) is 34.9 Å². The van der Waals surface area contributed by atoms with E-state index < -0.39 is 20.3 Å². The third-order valence-corrected chi connectivity index (χ3v) is 6.78. The number of benzene rings is 1. The highest BCUT2D eigenvalue weighted by Crippen LogP contribution is 2.21. The maximum Gasteiger partial charge on any atom is 0.267 e. The van der Waals surface area contributed by atoms with Crippen molar-refractivity contribution in [1.29, 1.82) is 0 Å². The molecule has 0 aliphatic carbocycles. The van der Waals surface area contributed by atoms with E-state index in [2.05, 4.69) is 40.8 Å². The van der Waals surface area contributed by atoms with E-state index in [1.807, 2.05) is 24.3 Å². The molecule has 0 fully saturated rings. The standard InChI is InChI=1S/C19H20N10O5S2/c20-17-26-15-14(23-9-24-15)16(27-17)34-8-11-3-1-10(2-4-11)7-22-12(30)5-6-13(31)25-18-28-29-19(35-18)36(21,32)33/h1-4,9H,5-8H2,(H,22,30)(H2,21,32,33)(H,25,28,31)(H3,20,23,24,26,27). The highest BCUT2D eigenvalue weighted by molar-refractivity contribution is 7.91. The molecule has 3 heterocycles. The number of carbonyl (C=O) groups excluding carboxylic acids is 2. The highest BCUT2D eigenvalue weighted by atomic mass is 32.2. The SMILES string of the molecule is Nc1nc(OCc2ccc(CNC(=O)CCC(=O)Nc3nnc(S(N)(=O)=O)s3)cc2)c2[nH]cnc2n1. The number of rotatable bonds is 10. The Morgan fingerprint density at radius 1 is 1.06 bits per heavy atom. The predicted octanol–water partition coefficient (Wildman–Crippen LogP) is 0.0481. The summed E-state index contributed by atoms with van der Waals surface area (Å²) >= 11 is 0.622. The average Bonchev–Trinajstić information content (AvgIpc) is 3.50. The molecular weight excluding hydrogens is 512 g/mol. The lowest BCUT2D eigenvalue weighted by Crippen LogP contribution is -2.24. The van der Waals surface area contributed by atoms with E-state index in [0.717, 1.165) is 11.1 Å². The summed E-state index contributed by atoms with van der Waals surface area (Å²) in [6, 6.07) is 7.37. The van der Waals surface area contributed by atoms with Gasteiger partial charge in [0, 0.05) is 19.4 Å². The first-order valence-corrected chi connectivity index (χ1v) is 12.6. The van der Waals surface area contributed by atoms with Gasteiger partial charge in [0.15, 0.2) is 5.65 Å². The number of H-pyrrole nitrogens is 1. The molecule has 7 N–H and O–H groups in total. The Balaban J connectivity index is 1.20. The van der Waals surface area contributed by atoms with Gasteiger partial charge in [-0.2, -0.15) is 9.97 Å². The van der Waals surface area contributed by atoms with Crippen LogP contribution in [-0.2, 0) is 32.8 Å².